The van der Waals surface area contributed by atoms with Crippen molar-refractivity contribution < 1.29 is 5.11 Å². The number of hydrogen-bond donors (Lipinski definition) is 2. The molecule has 0 amide bonds. The van der Waals surface area contributed by atoms with E-state index in [0.29, 0.717) is 12.1 Å². The van der Waals surface area contributed by atoms with E-state index in [4.69, 9.17) is 0 Å². The highest BCUT2D eigenvalue weighted by Gasteiger charge is 2.12. The van der Waals surface area contributed by atoms with Gasteiger partial charge in [0.2, 0.25) is 0 Å². The predicted molar refractivity (Wildman–Crippen MR) is 61.0 cm³/mol. The lowest BCUT2D eigenvalue weighted by Crippen LogP contribution is -2.04. The van der Waals surface area contributed by atoms with Crippen molar-refractivity contribution in [1.29, 1.82) is 0 Å². The van der Waals surface area contributed by atoms with Crippen molar-refractivity contribution in [3.63, 3.8) is 0 Å². The van der Waals surface area contributed by atoms with Crippen LogP contribution >= 0.6 is 0 Å². The van der Waals surface area contributed by atoms with E-state index >= 15 is 0 Å². The molecule has 0 aliphatic carbocycles. The van der Waals surface area contributed by atoms with Crippen LogP contribution in [0.15, 0.2) is 24.4 Å². The number of aliphatic hydroxyl groups excluding tert-OH is 1. The van der Waals surface area contributed by atoms with Gasteiger partial charge in [-0.05, 0) is 25.0 Å². The van der Waals surface area contributed by atoms with Crippen LogP contribution in [0.3, 0.4) is 0 Å². The number of aromatic nitrogens is 3. The molecule has 0 bridgehead atoms. The number of nitrogens with one attached hydrogen (secondary N) is 1. The van der Waals surface area contributed by atoms with Crippen LogP contribution in [-0.4, -0.2) is 20.5 Å². The van der Waals surface area contributed by atoms with Gasteiger partial charge in [-0.15, -0.1) is 0 Å². The molecule has 0 saturated heterocycles. The molecular weight excluding hydrogens is 202 g/mol. The number of rotatable bonds is 3. The van der Waals surface area contributed by atoms with E-state index in [2.05, 4.69) is 33.6 Å². The summed E-state index contributed by atoms with van der Waals surface area (Å²) < 4.78 is 0. The lowest BCUT2D eigenvalue weighted by Gasteiger charge is -2.10. The Kier molecular flexibility index (Phi) is 3.01. The summed E-state index contributed by atoms with van der Waals surface area (Å²) in [6, 6.07) is 6.24. The van der Waals surface area contributed by atoms with Gasteiger partial charge in [-0.25, -0.2) is 0 Å². The van der Waals surface area contributed by atoms with Crippen molar-refractivity contribution in [3.8, 4) is 0 Å². The molecule has 2 aromatic rings. The third-order valence-corrected chi connectivity index (χ3v) is 2.69. The first-order valence-electron chi connectivity index (χ1n) is 5.26. The second kappa shape index (κ2) is 4.45. The zero-order valence-corrected chi connectivity index (χ0v) is 9.44. The molecule has 0 radical (unpaired) electrons. The van der Waals surface area contributed by atoms with Gasteiger partial charge in [0.1, 0.15) is 11.8 Å². The van der Waals surface area contributed by atoms with Gasteiger partial charge in [-0.2, -0.15) is 15.4 Å². The van der Waals surface area contributed by atoms with Gasteiger partial charge in [-0.1, -0.05) is 23.8 Å². The number of benzene rings is 1. The van der Waals surface area contributed by atoms with Crippen molar-refractivity contribution in [2.75, 3.05) is 0 Å². The molecular formula is C12H15N3O. The van der Waals surface area contributed by atoms with Gasteiger partial charge in [0, 0.05) is 6.42 Å². The number of aromatic amines is 1. The summed E-state index contributed by atoms with van der Waals surface area (Å²) in [6.45, 7) is 4.09. The van der Waals surface area contributed by atoms with Crippen LogP contribution in [-0.2, 0) is 6.42 Å². The van der Waals surface area contributed by atoms with Crippen LogP contribution in [0.2, 0.25) is 0 Å². The summed E-state index contributed by atoms with van der Waals surface area (Å²) in [7, 11) is 0. The van der Waals surface area contributed by atoms with Crippen LogP contribution in [0.4, 0.5) is 0 Å². The highest BCUT2D eigenvalue weighted by Crippen LogP contribution is 2.19. The smallest absolute Gasteiger partial charge is 0.111 e. The van der Waals surface area contributed by atoms with E-state index in [0.717, 1.165) is 5.56 Å². The van der Waals surface area contributed by atoms with Gasteiger partial charge >= 0.3 is 0 Å². The number of aryl methyl sites for hydroxylation is 2. The summed E-state index contributed by atoms with van der Waals surface area (Å²) in [4.78, 5) is 0. The molecule has 0 fully saturated rings. The summed E-state index contributed by atoms with van der Waals surface area (Å²) in [5.41, 5.74) is 4.12. The minimum Gasteiger partial charge on any atom is -0.386 e. The Hall–Kier alpha value is -1.68. The molecule has 1 atom stereocenters. The van der Waals surface area contributed by atoms with Crippen molar-refractivity contribution in [2.45, 2.75) is 26.4 Å². The van der Waals surface area contributed by atoms with Crippen LogP contribution < -0.4 is 0 Å². The Morgan fingerprint density at radius 1 is 1.38 bits per heavy atom. The summed E-state index contributed by atoms with van der Waals surface area (Å²) in [6.07, 6.45) is 1.52. The summed E-state index contributed by atoms with van der Waals surface area (Å²) >= 11 is 0. The van der Waals surface area contributed by atoms with E-state index < -0.39 is 6.10 Å². The van der Waals surface area contributed by atoms with Gasteiger partial charge in [0.25, 0.3) is 0 Å². The molecule has 0 saturated carbocycles. The molecule has 4 nitrogen and oxygen atoms in total. The van der Waals surface area contributed by atoms with E-state index in [1.54, 1.807) is 6.20 Å². The SMILES string of the molecule is Cc1ccc(C)c(CC(O)c2cn[nH]n2)c1. The predicted octanol–water partition coefficient (Wildman–Crippen LogP) is 1.70. The fourth-order valence-corrected chi connectivity index (χ4v) is 1.70. The number of nitrogens with zero attached hydrogens (tertiary/aromatic N) is 2. The van der Waals surface area contributed by atoms with Gasteiger partial charge in [0.15, 0.2) is 0 Å². The number of H-pyrrole nitrogens is 1. The Morgan fingerprint density at radius 2 is 2.19 bits per heavy atom. The van der Waals surface area contributed by atoms with Crippen LogP contribution in [0, 0.1) is 13.8 Å². The fourth-order valence-electron chi connectivity index (χ4n) is 1.70. The van der Waals surface area contributed by atoms with Crippen LogP contribution in [0.5, 0.6) is 0 Å². The second-order valence-corrected chi connectivity index (χ2v) is 4.04. The van der Waals surface area contributed by atoms with E-state index in [9.17, 15) is 5.11 Å². The lowest BCUT2D eigenvalue weighted by atomic mass is 9.99. The maximum atomic E-state index is 9.96. The molecule has 1 heterocycles. The van der Waals surface area contributed by atoms with Crippen molar-refractivity contribution in [1.82, 2.24) is 15.4 Å². The molecule has 1 aromatic heterocycles. The minimum atomic E-state index is -0.598. The Balaban J connectivity index is 2.17. The zero-order chi connectivity index (χ0) is 11.5. The third-order valence-electron chi connectivity index (χ3n) is 2.69. The van der Waals surface area contributed by atoms with Crippen LogP contribution in [0.25, 0.3) is 0 Å². The first-order valence-corrected chi connectivity index (χ1v) is 5.26. The normalized spacial score (nSPS) is 12.7. The first kappa shape index (κ1) is 10.8. The Bertz CT molecular complexity index is 465. The largest absolute Gasteiger partial charge is 0.386 e. The maximum absolute atomic E-state index is 9.96. The first-order chi connectivity index (χ1) is 7.66. The molecule has 0 aliphatic rings. The average Bonchev–Trinajstić information content (AvgIpc) is 2.76. The Morgan fingerprint density at radius 3 is 2.88 bits per heavy atom. The third kappa shape index (κ3) is 2.28. The van der Waals surface area contributed by atoms with Gasteiger partial charge in [-0.3, -0.25) is 0 Å². The molecule has 0 spiro atoms. The highest BCUT2D eigenvalue weighted by molar-refractivity contribution is 5.31. The second-order valence-electron chi connectivity index (χ2n) is 4.04. The molecule has 2 N–H and O–H groups in total. The summed E-state index contributed by atoms with van der Waals surface area (Å²) in [5, 5.41) is 20.0. The number of hydrogen-bond acceptors (Lipinski definition) is 3. The van der Waals surface area contributed by atoms with Crippen LogP contribution in [0.1, 0.15) is 28.5 Å². The molecule has 2 rings (SSSR count). The molecule has 1 aromatic carbocycles. The quantitative estimate of drug-likeness (QED) is 0.822. The summed E-state index contributed by atoms with van der Waals surface area (Å²) in [5.74, 6) is 0. The van der Waals surface area contributed by atoms with Gasteiger partial charge < -0.3 is 5.11 Å². The molecule has 0 aliphatic heterocycles. The monoisotopic (exact) mass is 217 g/mol. The average molecular weight is 217 g/mol. The topological polar surface area (TPSA) is 61.8 Å². The zero-order valence-electron chi connectivity index (χ0n) is 9.44. The van der Waals surface area contributed by atoms with E-state index in [1.165, 1.54) is 11.1 Å². The number of aliphatic hydroxyl groups is 1. The molecule has 4 heteroatoms. The maximum Gasteiger partial charge on any atom is 0.111 e. The molecule has 84 valence electrons. The molecule has 1 unspecified atom stereocenters. The standard InChI is InChI=1S/C12H15N3O/c1-8-3-4-9(2)10(5-8)6-12(16)11-7-13-15-14-11/h3-5,7,12,16H,6H2,1-2H3,(H,13,14,15). The molecule has 16 heavy (non-hydrogen) atoms. The van der Waals surface area contributed by atoms with Gasteiger partial charge in [0.05, 0.1) is 6.20 Å². The van der Waals surface area contributed by atoms with E-state index in [-0.39, 0.29) is 0 Å². The Labute approximate surface area is 94.3 Å². The van der Waals surface area contributed by atoms with Crippen molar-refractivity contribution in [2.24, 2.45) is 0 Å². The van der Waals surface area contributed by atoms with Crippen molar-refractivity contribution >= 4 is 0 Å². The minimum absolute atomic E-state index is 0.569. The van der Waals surface area contributed by atoms with E-state index in [1.807, 2.05) is 13.8 Å². The van der Waals surface area contributed by atoms with Crippen molar-refractivity contribution in [3.05, 3.63) is 46.8 Å². The fraction of sp³-hybridized carbons (Fsp3) is 0.333. The highest BCUT2D eigenvalue weighted by atomic mass is 16.3. The lowest BCUT2D eigenvalue weighted by molar-refractivity contribution is 0.173.